The third-order valence-corrected chi connectivity index (χ3v) is 3.33. The van der Waals surface area contributed by atoms with Gasteiger partial charge in [0.2, 0.25) is 5.91 Å². The molecule has 0 bridgehead atoms. The third-order valence-electron chi connectivity index (χ3n) is 2.24. The van der Waals surface area contributed by atoms with E-state index in [1.807, 2.05) is 6.92 Å². The second-order valence-corrected chi connectivity index (χ2v) is 5.06. The highest BCUT2D eigenvalue weighted by atomic mass is 32.2. The smallest absolute Gasteiger partial charge is 0.343 e. The van der Waals surface area contributed by atoms with Crippen LogP contribution in [0.3, 0.4) is 0 Å². The van der Waals surface area contributed by atoms with E-state index < -0.39 is 0 Å². The summed E-state index contributed by atoms with van der Waals surface area (Å²) in [7, 11) is 0. The van der Waals surface area contributed by atoms with Gasteiger partial charge in [-0.1, -0.05) is 24.8 Å². The van der Waals surface area contributed by atoms with Gasteiger partial charge in [-0.15, -0.1) is 11.7 Å². The van der Waals surface area contributed by atoms with Gasteiger partial charge in [-0.25, -0.2) is 9.89 Å². The first kappa shape index (κ1) is 14.6. The van der Waals surface area contributed by atoms with Gasteiger partial charge in [0.15, 0.2) is 5.16 Å². The van der Waals surface area contributed by atoms with Crippen LogP contribution < -0.4 is 11.0 Å². The fraction of sp³-hybridized carbons (Fsp3) is 0.545. The van der Waals surface area contributed by atoms with E-state index in [1.165, 1.54) is 11.8 Å². The van der Waals surface area contributed by atoms with E-state index in [9.17, 15) is 9.59 Å². The number of amides is 1. The Morgan fingerprint density at radius 1 is 1.72 bits per heavy atom. The Morgan fingerprint density at radius 2 is 2.44 bits per heavy atom. The van der Waals surface area contributed by atoms with Crippen LogP contribution in [0.4, 0.5) is 0 Å². The van der Waals surface area contributed by atoms with Crippen LogP contribution in [0.1, 0.15) is 20.3 Å². The molecule has 1 atom stereocenters. The molecule has 0 aliphatic heterocycles. The van der Waals surface area contributed by atoms with E-state index in [-0.39, 0.29) is 16.8 Å². The molecule has 0 unspecified atom stereocenters. The molecular formula is C11H18N4O2S. The number of nitrogens with one attached hydrogen (secondary N) is 2. The Balaban J connectivity index is 2.69. The number of carbonyl (C=O) groups is 1. The number of hydrogen-bond acceptors (Lipinski definition) is 4. The second-order valence-electron chi connectivity index (χ2n) is 3.76. The van der Waals surface area contributed by atoms with Crippen molar-refractivity contribution in [2.24, 2.45) is 0 Å². The predicted molar refractivity (Wildman–Crippen MR) is 71.7 cm³/mol. The van der Waals surface area contributed by atoms with Crippen LogP contribution in [0.5, 0.6) is 0 Å². The molecule has 1 aromatic heterocycles. The number of nitrogens with zero attached hydrogens (tertiary/aromatic N) is 2. The van der Waals surface area contributed by atoms with Crippen LogP contribution >= 0.6 is 11.8 Å². The van der Waals surface area contributed by atoms with Gasteiger partial charge in [0.05, 0.1) is 5.25 Å². The van der Waals surface area contributed by atoms with Crippen molar-refractivity contribution >= 4 is 17.7 Å². The summed E-state index contributed by atoms with van der Waals surface area (Å²) in [5.41, 5.74) is -0.238. The van der Waals surface area contributed by atoms with E-state index in [2.05, 4.69) is 22.1 Å². The van der Waals surface area contributed by atoms with Gasteiger partial charge in [-0.05, 0) is 13.3 Å². The molecule has 0 spiro atoms. The highest BCUT2D eigenvalue weighted by Crippen LogP contribution is 2.19. The molecule has 0 aliphatic carbocycles. The Bertz CT molecular complexity index is 466. The minimum Gasteiger partial charge on any atom is -0.352 e. The molecule has 18 heavy (non-hydrogen) atoms. The summed E-state index contributed by atoms with van der Waals surface area (Å²) in [6.45, 7) is 8.32. The topological polar surface area (TPSA) is 79.8 Å². The van der Waals surface area contributed by atoms with E-state index in [4.69, 9.17) is 0 Å². The molecule has 100 valence electrons. The molecule has 2 N–H and O–H groups in total. The van der Waals surface area contributed by atoms with Gasteiger partial charge in [0.1, 0.15) is 0 Å². The number of aromatic nitrogens is 3. The number of rotatable bonds is 7. The zero-order valence-corrected chi connectivity index (χ0v) is 11.4. The molecule has 0 aromatic carbocycles. The minimum absolute atomic E-state index is 0.0987. The molecule has 0 aliphatic rings. The Morgan fingerprint density at radius 3 is 3.06 bits per heavy atom. The summed E-state index contributed by atoms with van der Waals surface area (Å²) in [4.78, 5) is 23.1. The number of thioether (sulfide) groups is 1. The van der Waals surface area contributed by atoms with E-state index >= 15 is 0 Å². The average molecular weight is 270 g/mol. The van der Waals surface area contributed by atoms with Crippen LogP contribution in [-0.2, 0) is 11.3 Å². The third kappa shape index (κ3) is 3.76. The maximum atomic E-state index is 11.7. The van der Waals surface area contributed by atoms with Crippen molar-refractivity contribution in [3.8, 4) is 0 Å². The molecule has 0 saturated carbocycles. The molecule has 1 aromatic rings. The number of carbonyl (C=O) groups excluding carboxylic acids is 1. The van der Waals surface area contributed by atoms with Crippen LogP contribution in [0.15, 0.2) is 22.6 Å². The van der Waals surface area contributed by atoms with Crippen LogP contribution in [0.2, 0.25) is 0 Å². The molecule has 1 heterocycles. The van der Waals surface area contributed by atoms with Crippen molar-refractivity contribution in [1.82, 2.24) is 20.1 Å². The van der Waals surface area contributed by atoms with Crippen LogP contribution in [0, 0.1) is 0 Å². The first-order chi connectivity index (χ1) is 8.60. The highest BCUT2D eigenvalue weighted by molar-refractivity contribution is 8.00. The van der Waals surface area contributed by atoms with Crippen molar-refractivity contribution in [1.29, 1.82) is 0 Å². The molecule has 0 saturated heterocycles. The average Bonchev–Trinajstić information content (AvgIpc) is 2.69. The molecular weight excluding hydrogens is 252 g/mol. The number of H-pyrrole nitrogens is 1. The van der Waals surface area contributed by atoms with Crippen molar-refractivity contribution in [2.45, 2.75) is 37.2 Å². The van der Waals surface area contributed by atoms with Gasteiger partial charge in [-0.2, -0.15) is 0 Å². The first-order valence-electron chi connectivity index (χ1n) is 5.80. The summed E-state index contributed by atoms with van der Waals surface area (Å²) >= 11 is 1.26. The quantitative estimate of drug-likeness (QED) is 0.566. The highest BCUT2D eigenvalue weighted by Gasteiger charge is 2.17. The number of hydrogen-bond donors (Lipinski definition) is 2. The monoisotopic (exact) mass is 270 g/mol. The molecule has 0 radical (unpaired) electrons. The van der Waals surface area contributed by atoms with Crippen LogP contribution in [-0.4, -0.2) is 32.5 Å². The summed E-state index contributed by atoms with van der Waals surface area (Å²) < 4.78 is 1.54. The number of aromatic amines is 1. The normalized spacial score (nSPS) is 12.1. The maximum absolute atomic E-state index is 11.7. The van der Waals surface area contributed by atoms with Gasteiger partial charge in [0.25, 0.3) is 0 Å². The first-order valence-corrected chi connectivity index (χ1v) is 6.68. The summed E-state index contributed by atoms with van der Waals surface area (Å²) in [6.07, 6.45) is 2.46. The van der Waals surface area contributed by atoms with Crippen molar-refractivity contribution in [3.05, 3.63) is 23.1 Å². The Hall–Kier alpha value is -1.50. The summed E-state index contributed by atoms with van der Waals surface area (Å²) in [5, 5.41) is 9.27. The van der Waals surface area contributed by atoms with E-state index in [0.29, 0.717) is 18.2 Å². The van der Waals surface area contributed by atoms with E-state index in [1.54, 1.807) is 17.6 Å². The van der Waals surface area contributed by atoms with Crippen LogP contribution in [0.25, 0.3) is 0 Å². The summed E-state index contributed by atoms with van der Waals surface area (Å²) in [5.74, 6) is -0.0987. The molecule has 0 fully saturated rings. The lowest BCUT2D eigenvalue weighted by atomic mass is 10.4. The standard InChI is InChI=1S/C11H18N4O2S/c1-4-6-12-9(16)8(3)18-11-14-13-10(17)15(11)7-5-2/h4,8H,1,5-7H2,2-3H3,(H,12,16)(H,13,17)/t8-/m1/s1. The molecule has 1 amide bonds. The van der Waals surface area contributed by atoms with Crippen molar-refractivity contribution < 1.29 is 4.79 Å². The molecule has 7 heteroatoms. The molecule has 1 rings (SSSR count). The van der Waals surface area contributed by atoms with Gasteiger partial charge < -0.3 is 5.32 Å². The molecule has 6 nitrogen and oxygen atoms in total. The lowest BCUT2D eigenvalue weighted by Gasteiger charge is -2.10. The zero-order valence-electron chi connectivity index (χ0n) is 10.6. The Labute approximate surface area is 110 Å². The summed E-state index contributed by atoms with van der Waals surface area (Å²) in [6, 6.07) is 0. The van der Waals surface area contributed by atoms with Gasteiger partial charge in [-0.3, -0.25) is 9.36 Å². The largest absolute Gasteiger partial charge is 0.352 e. The lowest BCUT2D eigenvalue weighted by molar-refractivity contribution is -0.120. The second kappa shape index (κ2) is 7.05. The van der Waals surface area contributed by atoms with Gasteiger partial charge in [0, 0.05) is 13.1 Å². The Kier molecular flexibility index (Phi) is 5.70. The minimum atomic E-state index is -0.309. The SMILES string of the molecule is C=CCNC(=O)[C@@H](C)Sc1n[nH]c(=O)n1CCC. The fourth-order valence-electron chi connectivity index (χ4n) is 1.34. The van der Waals surface area contributed by atoms with E-state index in [0.717, 1.165) is 6.42 Å². The zero-order chi connectivity index (χ0) is 13.5. The van der Waals surface area contributed by atoms with Crippen molar-refractivity contribution in [2.75, 3.05) is 6.54 Å². The van der Waals surface area contributed by atoms with Crippen molar-refractivity contribution in [3.63, 3.8) is 0 Å². The maximum Gasteiger partial charge on any atom is 0.343 e. The van der Waals surface area contributed by atoms with Gasteiger partial charge >= 0.3 is 5.69 Å². The predicted octanol–water partition coefficient (Wildman–Crippen LogP) is 0.764. The fourth-order valence-corrected chi connectivity index (χ4v) is 2.25. The lowest BCUT2D eigenvalue weighted by Crippen LogP contribution is -2.31.